The summed E-state index contributed by atoms with van der Waals surface area (Å²) in [5.41, 5.74) is 6.19. The Labute approximate surface area is 122 Å². The van der Waals surface area contributed by atoms with Gasteiger partial charge in [0, 0.05) is 16.7 Å². The third kappa shape index (κ3) is 3.69. The number of carbonyl (C=O) groups is 1. The molecule has 19 heavy (non-hydrogen) atoms. The van der Waals surface area contributed by atoms with E-state index in [1.54, 1.807) is 12.3 Å². The van der Waals surface area contributed by atoms with Gasteiger partial charge in [-0.05, 0) is 47.7 Å². The summed E-state index contributed by atoms with van der Waals surface area (Å²) >= 11 is 3.31. The topological polar surface area (TPSA) is 68.0 Å². The molecule has 1 saturated carbocycles. The molecular formula is C14H20BrN3O. The average molecular weight is 326 g/mol. The smallest absolute Gasteiger partial charge is 0.255 e. The Balaban J connectivity index is 2.01. The van der Waals surface area contributed by atoms with Crippen LogP contribution in [0.15, 0.2) is 16.7 Å². The van der Waals surface area contributed by atoms with Crippen LogP contribution < -0.4 is 11.1 Å². The largest absolute Gasteiger partial charge is 0.383 e. The number of hydrogen-bond acceptors (Lipinski definition) is 3. The molecule has 0 aromatic carbocycles. The first-order valence-electron chi connectivity index (χ1n) is 6.80. The monoisotopic (exact) mass is 325 g/mol. The lowest BCUT2D eigenvalue weighted by Crippen LogP contribution is -2.39. The van der Waals surface area contributed by atoms with Crippen molar-refractivity contribution in [2.24, 2.45) is 5.92 Å². The van der Waals surface area contributed by atoms with Gasteiger partial charge in [-0.15, -0.1) is 0 Å². The predicted octanol–water partition coefficient (Wildman–Crippen LogP) is 3.12. The number of anilines is 1. The molecule has 3 N–H and O–H groups in total. The van der Waals surface area contributed by atoms with Crippen molar-refractivity contribution in [3.8, 4) is 0 Å². The molecule has 104 valence electrons. The molecule has 1 aliphatic rings. The predicted molar refractivity (Wildman–Crippen MR) is 79.9 cm³/mol. The van der Waals surface area contributed by atoms with E-state index in [-0.39, 0.29) is 17.8 Å². The number of aromatic nitrogens is 1. The van der Waals surface area contributed by atoms with Crippen LogP contribution in [0.3, 0.4) is 0 Å². The van der Waals surface area contributed by atoms with Gasteiger partial charge in [0.1, 0.15) is 5.82 Å². The standard InChI is InChI=1S/C14H20BrN3O/c1-9(10-5-3-2-4-6-10)18-14(19)12-7-11(15)8-17-13(12)16/h7-10H,2-6H2,1H3,(H2,16,17)(H,18,19). The van der Waals surface area contributed by atoms with Gasteiger partial charge in [0.25, 0.3) is 5.91 Å². The fraction of sp³-hybridized carbons (Fsp3) is 0.571. The number of pyridine rings is 1. The zero-order chi connectivity index (χ0) is 13.8. The minimum Gasteiger partial charge on any atom is -0.383 e. The summed E-state index contributed by atoms with van der Waals surface area (Å²) < 4.78 is 0.761. The molecule has 1 amide bonds. The Morgan fingerprint density at radius 3 is 2.84 bits per heavy atom. The zero-order valence-electron chi connectivity index (χ0n) is 11.2. The van der Waals surface area contributed by atoms with Crippen molar-refractivity contribution >= 4 is 27.7 Å². The van der Waals surface area contributed by atoms with Crippen molar-refractivity contribution in [2.75, 3.05) is 5.73 Å². The van der Waals surface area contributed by atoms with Crippen molar-refractivity contribution in [2.45, 2.75) is 45.1 Å². The summed E-state index contributed by atoms with van der Waals surface area (Å²) in [4.78, 5) is 16.2. The molecule has 2 rings (SSSR count). The van der Waals surface area contributed by atoms with Crippen LogP contribution in [0.1, 0.15) is 49.4 Å². The Kier molecular flexibility index (Phi) is 4.80. The molecule has 1 heterocycles. The quantitative estimate of drug-likeness (QED) is 0.897. The first-order valence-corrected chi connectivity index (χ1v) is 7.59. The number of amides is 1. The average Bonchev–Trinajstić information content (AvgIpc) is 2.42. The maximum absolute atomic E-state index is 12.2. The van der Waals surface area contributed by atoms with Gasteiger partial charge in [0.2, 0.25) is 0 Å². The fourth-order valence-electron chi connectivity index (χ4n) is 2.67. The van der Waals surface area contributed by atoms with Crippen LogP contribution in [0, 0.1) is 5.92 Å². The number of nitrogen functional groups attached to an aromatic ring is 1. The van der Waals surface area contributed by atoms with Crippen molar-refractivity contribution in [3.63, 3.8) is 0 Å². The minimum absolute atomic E-state index is 0.135. The summed E-state index contributed by atoms with van der Waals surface area (Å²) in [6, 6.07) is 1.90. The number of carbonyl (C=O) groups excluding carboxylic acids is 1. The third-order valence-electron chi connectivity index (χ3n) is 3.85. The highest BCUT2D eigenvalue weighted by atomic mass is 79.9. The zero-order valence-corrected chi connectivity index (χ0v) is 12.7. The molecule has 0 spiro atoms. The van der Waals surface area contributed by atoms with Crippen LogP contribution in [0.5, 0.6) is 0 Å². The van der Waals surface area contributed by atoms with Gasteiger partial charge in [-0.2, -0.15) is 0 Å². The van der Waals surface area contributed by atoms with E-state index in [2.05, 4.69) is 33.2 Å². The minimum atomic E-state index is -0.135. The van der Waals surface area contributed by atoms with Gasteiger partial charge < -0.3 is 11.1 Å². The molecule has 4 nitrogen and oxygen atoms in total. The van der Waals surface area contributed by atoms with Crippen molar-refractivity contribution in [1.29, 1.82) is 0 Å². The second-order valence-corrected chi connectivity index (χ2v) is 6.16. The van der Waals surface area contributed by atoms with E-state index in [9.17, 15) is 4.79 Å². The first kappa shape index (κ1) is 14.3. The Morgan fingerprint density at radius 2 is 2.16 bits per heavy atom. The molecular weight excluding hydrogens is 306 g/mol. The number of nitrogens with zero attached hydrogens (tertiary/aromatic N) is 1. The summed E-state index contributed by atoms with van der Waals surface area (Å²) in [6.45, 7) is 2.08. The van der Waals surface area contributed by atoms with Crippen molar-refractivity contribution < 1.29 is 4.79 Å². The van der Waals surface area contributed by atoms with Crippen LogP contribution in [0.4, 0.5) is 5.82 Å². The van der Waals surface area contributed by atoms with Gasteiger partial charge in [0.05, 0.1) is 5.56 Å². The van der Waals surface area contributed by atoms with Crippen LogP contribution in [-0.4, -0.2) is 16.9 Å². The van der Waals surface area contributed by atoms with E-state index in [1.807, 2.05) is 0 Å². The lowest BCUT2D eigenvalue weighted by atomic mass is 9.84. The Bertz CT molecular complexity index is 458. The van der Waals surface area contributed by atoms with E-state index in [1.165, 1.54) is 32.1 Å². The van der Waals surface area contributed by atoms with E-state index in [0.717, 1.165) is 4.47 Å². The number of halogens is 1. The molecule has 0 radical (unpaired) electrons. The van der Waals surface area contributed by atoms with Gasteiger partial charge in [-0.1, -0.05) is 19.3 Å². The number of nitrogens with one attached hydrogen (secondary N) is 1. The lowest BCUT2D eigenvalue weighted by molar-refractivity contribution is 0.0920. The molecule has 1 unspecified atom stereocenters. The van der Waals surface area contributed by atoms with Crippen LogP contribution in [-0.2, 0) is 0 Å². The second kappa shape index (κ2) is 6.37. The highest BCUT2D eigenvalue weighted by Gasteiger charge is 2.22. The third-order valence-corrected chi connectivity index (χ3v) is 4.28. The van der Waals surface area contributed by atoms with Crippen LogP contribution >= 0.6 is 15.9 Å². The van der Waals surface area contributed by atoms with Crippen LogP contribution in [0.25, 0.3) is 0 Å². The maximum Gasteiger partial charge on any atom is 0.255 e. The van der Waals surface area contributed by atoms with E-state index >= 15 is 0 Å². The molecule has 1 fully saturated rings. The van der Waals surface area contributed by atoms with Crippen LogP contribution in [0.2, 0.25) is 0 Å². The van der Waals surface area contributed by atoms with Gasteiger partial charge in [0.15, 0.2) is 0 Å². The molecule has 1 atom stereocenters. The summed E-state index contributed by atoms with van der Waals surface area (Å²) in [6.07, 6.45) is 7.86. The molecule has 0 bridgehead atoms. The van der Waals surface area contributed by atoms with Gasteiger partial charge in [-0.25, -0.2) is 4.98 Å². The summed E-state index contributed by atoms with van der Waals surface area (Å²) in [5, 5.41) is 3.05. The Hall–Kier alpha value is -1.10. The summed E-state index contributed by atoms with van der Waals surface area (Å²) in [7, 11) is 0. The van der Waals surface area contributed by atoms with Crippen molar-refractivity contribution in [3.05, 3.63) is 22.3 Å². The molecule has 5 heteroatoms. The summed E-state index contributed by atoms with van der Waals surface area (Å²) in [5.74, 6) is 0.722. The SMILES string of the molecule is CC(NC(=O)c1cc(Br)cnc1N)C1CCCCC1. The number of nitrogens with two attached hydrogens (primary N) is 1. The lowest BCUT2D eigenvalue weighted by Gasteiger charge is -2.28. The highest BCUT2D eigenvalue weighted by molar-refractivity contribution is 9.10. The second-order valence-electron chi connectivity index (χ2n) is 5.25. The van der Waals surface area contributed by atoms with E-state index in [4.69, 9.17) is 5.73 Å². The molecule has 1 aliphatic carbocycles. The van der Waals surface area contributed by atoms with Gasteiger partial charge >= 0.3 is 0 Å². The highest BCUT2D eigenvalue weighted by Crippen LogP contribution is 2.26. The molecule has 1 aromatic rings. The molecule has 0 aliphatic heterocycles. The van der Waals surface area contributed by atoms with Gasteiger partial charge in [-0.3, -0.25) is 4.79 Å². The Morgan fingerprint density at radius 1 is 1.47 bits per heavy atom. The number of hydrogen-bond donors (Lipinski definition) is 2. The maximum atomic E-state index is 12.2. The normalized spacial score (nSPS) is 18.0. The first-order chi connectivity index (χ1) is 9.08. The molecule has 1 aromatic heterocycles. The number of rotatable bonds is 3. The molecule has 0 saturated heterocycles. The van der Waals surface area contributed by atoms with Crippen molar-refractivity contribution in [1.82, 2.24) is 10.3 Å². The van der Waals surface area contributed by atoms with E-state index in [0.29, 0.717) is 11.5 Å². The fourth-order valence-corrected chi connectivity index (χ4v) is 3.00. The van der Waals surface area contributed by atoms with E-state index < -0.39 is 0 Å².